The van der Waals surface area contributed by atoms with Gasteiger partial charge >= 0.3 is 0 Å². The number of ether oxygens (including phenoxy) is 1. The van der Waals surface area contributed by atoms with E-state index in [9.17, 15) is 9.59 Å². The van der Waals surface area contributed by atoms with Gasteiger partial charge in [0.1, 0.15) is 5.75 Å². The van der Waals surface area contributed by atoms with Gasteiger partial charge in [0.15, 0.2) is 0 Å². The van der Waals surface area contributed by atoms with Crippen molar-refractivity contribution >= 4 is 17.5 Å². The van der Waals surface area contributed by atoms with Crippen LogP contribution < -0.4 is 15.0 Å². The van der Waals surface area contributed by atoms with E-state index in [1.54, 1.807) is 4.90 Å². The number of nitrogens with zero attached hydrogens (tertiary/aromatic N) is 1. The molecular formula is C22H26N2O3. The second-order valence-electron chi connectivity index (χ2n) is 6.89. The lowest BCUT2D eigenvalue weighted by atomic mass is 10.0. The first-order chi connectivity index (χ1) is 13.1. The lowest BCUT2D eigenvalue weighted by Gasteiger charge is -2.18. The molecule has 5 nitrogen and oxygen atoms in total. The number of hydrogen-bond acceptors (Lipinski definition) is 3. The molecule has 0 saturated carbocycles. The minimum atomic E-state index is -0.313. The molecule has 1 fully saturated rings. The molecule has 2 atom stereocenters. The molecule has 1 aliphatic heterocycles. The molecule has 1 saturated heterocycles. The topological polar surface area (TPSA) is 58.6 Å². The van der Waals surface area contributed by atoms with E-state index in [-0.39, 0.29) is 30.1 Å². The summed E-state index contributed by atoms with van der Waals surface area (Å²) >= 11 is 0. The number of benzene rings is 2. The SMILES string of the molecule is CCOc1ccc(N2C[C@@H](C(=O)NC[C@@H](C)c3ccccc3)CC2=O)cc1. The largest absolute Gasteiger partial charge is 0.494 e. The molecule has 0 spiro atoms. The number of anilines is 1. The van der Waals surface area contributed by atoms with Gasteiger partial charge in [0.25, 0.3) is 0 Å². The van der Waals surface area contributed by atoms with Crippen molar-refractivity contribution in [3.05, 3.63) is 60.2 Å². The van der Waals surface area contributed by atoms with Gasteiger partial charge in [-0.25, -0.2) is 0 Å². The van der Waals surface area contributed by atoms with Crippen LogP contribution in [-0.2, 0) is 9.59 Å². The third-order valence-electron chi connectivity index (χ3n) is 4.91. The van der Waals surface area contributed by atoms with E-state index in [1.165, 1.54) is 5.56 Å². The van der Waals surface area contributed by atoms with Crippen LogP contribution in [-0.4, -0.2) is 31.5 Å². The highest BCUT2D eigenvalue weighted by molar-refractivity contribution is 6.00. The number of amides is 2. The van der Waals surface area contributed by atoms with Crippen molar-refractivity contribution in [2.45, 2.75) is 26.2 Å². The maximum absolute atomic E-state index is 12.5. The lowest BCUT2D eigenvalue weighted by molar-refractivity contribution is -0.126. The first-order valence-electron chi connectivity index (χ1n) is 9.44. The molecule has 142 valence electrons. The molecule has 1 N–H and O–H groups in total. The third kappa shape index (κ3) is 4.67. The quantitative estimate of drug-likeness (QED) is 0.817. The minimum Gasteiger partial charge on any atom is -0.494 e. The zero-order valence-corrected chi connectivity index (χ0v) is 15.9. The molecule has 2 aromatic carbocycles. The smallest absolute Gasteiger partial charge is 0.227 e. The summed E-state index contributed by atoms with van der Waals surface area (Å²) in [6, 6.07) is 17.5. The zero-order chi connectivity index (χ0) is 19.2. The van der Waals surface area contributed by atoms with Gasteiger partial charge < -0.3 is 15.0 Å². The summed E-state index contributed by atoms with van der Waals surface area (Å²) in [5, 5.41) is 3.00. The fourth-order valence-corrected chi connectivity index (χ4v) is 3.32. The molecule has 0 unspecified atom stereocenters. The maximum atomic E-state index is 12.5. The van der Waals surface area contributed by atoms with E-state index < -0.39 is 0 Å². The van der Waals surface area contributed by atoms with Gasteiger partial charge in [-0.2, -0.15) is 0 Å². The van der Waals surface area contributed by atoms with Crippen LogP contribution in [0.2, 0.25) is 0 Å². The summed E-state index contributed by atoms with van der Waals surface area (Å²) in [5.74, 6) is 0.619. The van der Waals surface area contributed by atoms with Crippen LogP contribution in [0.25, 0.3) is 0 Å². The van der Waals surface area contributed by atoms with Gasteiger partial charge in [0.05, 0.1) is 12.5 Å². The monoisotopic (exact) mass is 366 g/mol. The Bertz CT molecular complexity index is 774. The van der Waals surface area contributed by atoms with E-state index in [4.69, 9.17) is 4.74 Å². The first-order valence-corrected chi connectivity index (χ1v) is 9.44. The molecule has 27 heavy (non-hydrogen) atoms. The standard InChI is InChI=1S/C22H26N2O3/c1-3-27-20-11-9-19(10-12-20)24-15-18(13-21(24)25)22(26)23-14-16(2)17-7-5-4-6-8-17/h4-12,16,18H,3,13-15H2,1-2H3,(H,23,26)/t16-,18+/m1/s1. The summed E-state index contributed by atoms with van der Waals surface area (Å²) in [6.07, 6.45) is 0.249. The van der Waals surface area contributed by atoms with Crippen LogP contribution in [0.1, 0.15) is 31.7 Å². The Morgan fingerprint density at radius 1 is 1.19 bits per heavy atom. The summed E-state index contributed by atoms with van der Waals surface area (Å²) in [7, 11) is 0. The Morgan fingerprint density at radius 3 is 2.56 bits per heavy atom. The highest BCUT2D eigenvalue weighted by Gasteiger charge is 2.35. The second-order valence-corrected chi connectivity index (χ2v) is 6.89. The van der Waals surface area contributed by atoms with Gasteiger partial charge in [-0.15, -0.1) is 0 Å². The van der Waals surface area contributed by atoms with Crippen LogP contribution in [0, 0.1) is 5.92 Å². The van der Waals surface area contributed by atoms with Gasteiger partial charge in [-0.1, -0.05) is 37.3 Å². The first kappa shape index (κ1) is 19.0. The highest BCUT2D eigenvalue weighted by atomic mass is 16.5. The number of hydrogen-bond donors (Lipinski definition) is 1. The number of carbonyl (C=O) groups excluding carboxylic acids is 2. The van der Waals surface area contributed by atoms with E-state index in [0.717, 1.165) is 11.4 Å². The Labute approximate surface area is 160 Å². The molecular weight excluding hydrogens is 340 g/mol. The van der Waals surface area contributed by atoms with Crippen LogP contribution in [0.5, 0.6) is 5.75 Å². The van der Waals surface area contributed by atoms with Crippen molar-refractivity contribution in [2.75, 3.05) is 24.6 Å². The van der Waals surface area contributed by atoms with E-state index in [2.05, 4.69) is 24.4 Å². The predicted octanol–water partition coefficient (Wildman–Crippen LogP) is 3.36. The van der Waals surface area contributed by atoms with Crippen molar-refractivity contribution in [1.29, 1.82) is 0 Å². The van der Waals surface area contributed by atoms with Gasteiger partial charge in [-0.3, -0.25) is 9.59 Å². The Balaban J connectivity index is 1.55. The van der Waals surface area contributed by atoms with Crippen molar-refractivity contribution < 1.29 is 14.3 Å². The van der Waals surface area contributed by atoms with E-state index >= 15 is 0 Å². The molecule has 1 aliphatic rings. The number of rotatable bonds is 7. The minimum absolute atomic E-state index is 0.0181. The Hall–Kier alpha value is -2.82. The molecule has 0 radical (unpaired) electrons. The zero-order valence-electron chi connectivity index (χ0n) is 15.9. The molecule has 1 heterocycles. The normalized spacial score (nSPS) is 17.6. The average Bonchev–Trinajstić information content (AvgIpc) is 3.09. The van der Waals surface area contributed by atoms with Crippen molar-refractivity contribution in [2.24, 2.45) is 5.92 Å². The van der Waals surface area contributed by atoms with Gasteiger partial charge in [-0.05, 0) is 42.7 Å². The Kier molecular flexibility index (Phi) is 6.12. The van der Waals surface area contributed by atoms with E-state index in [0.29, 0.717) is 19.7 Å². The summed E-state index contributed by atoms with van der Waals surface area (Å²) in [4.78, 5) is 26.6. The van der Waals surface area contributed by atoms with Gasteiger partial charge in [0.2, 0.25) is 11.8 Å². The molecule has 0 aromatic heterocycles. The predicted molar refractivity (Wildman–Crippen MR) is 106 cm³/mol. The van der Waals surface area contributed by atoms with Crippen molar-refractivity contribution in [1.82, 2.24) is 5.32 Å². The molecule has 2 aromatic rings. The summed E-state index contributed by atoms with van der Waals surface area (Å²) in [6.45, 7) is 5.60. The third-order valence-corrected chi connectivity index (χ3v) is 4.91. The highest BCUT2D eigenvalue weighted by Crippen LogP contribution is 2.27. The van der Waals surface area contributed by atoms with Gasteiger partial charge in [0, 0.05) is 25.2 Å². The molecule has 5 heteroatoms. The van der Waals surface area contributed by atoms with Crippen LogP contribution in [0.15, 0.2) is 54.6 Å². The molecule has 2 amide bonds. The number of carbonyl (C=O) groups is 2. The fourth-order valence-electron chi connectivity index (χ4n) is 3.32. The van der Waals surface area contributed by atoms with Crippen LogP contribution >= 0.6 is 0 Å². The summed E-state index contributed by atoms with van der Waals surface area (Å²) in [5.41, 5.74) is 1.99. The molecule has 0 aliphatic carbocycles. The second kappa shape index (κ2) is 8.71. The van der Waals surface area contributed by atoms with Crippen molar-refractivity contribution in [3.63, 3.8) is 0 Å². The number of nitrogens with one attached hydrogen (secondary N) is 1. The molecule has 3 rings (SSSR count). The maximum Gasteiger partial charge on any atom is 0.227 e. The lowest BCUT2D eigenvalue weighted by Crippen LogP contribution is -2.35. The fraction of sp³-hybridized carbons (Fsp3) is 0.364. The van der Waals surface area contributed by atoms with Crippen molar-refractivity contribution in [3.8, 4) is 5.75 Å². The summed E-state index contributed by atoms with van der Waals surface area (Å²) < 4.78 is 5.43. The molecule has 0 bridgehead atoms. The average molecular weight is 366 g/mol. The van der Waals surface area contributed by atoms with Crippen LogP contribution in [0.3, 0.4) is 0 Å². The Morgan fingerprint density at radius 2 is 1.89 bits per heavy atom. The van der Waals surface area contributed by atoms with Crippen LogP contribution in [0.4, 0.5) is 5.69 Å². The van der Waals surface area contributed by atoms with E-state index in [1.807, 2.05) is 49.4 Å².